The van der Waals surface area contributed by atoms with Crippen molar-refractivity contribution in [3.05, 3.63) is 59.7 Å². The molecule has 0 radical (unpaired) electrons. The second-order valence-electron chi connectivity index (χ2n) is 7.12. The molecular weight excluding hydrogens is 400 g/mol. The number of ether oxygens (including phenoxy) is 1. The number of halogens is 4. The molecule has 4 rings (SSSR count). The quantitative estimate of drug-likeness (QED) is 0.594. The van der Waals surface area contributed by atoms with Gasteiger partial charge < -0.3 is 9.64 Å². The number of piperazine rings is 1. The van der Waals surface area contributed by atoms with Gasteiger partial charge >= 0.3 is 6.18 Å². The fraction of sp³-hybridized carbons (Fsp3) is 0.333. The van der Waals surface area contributed by atoms with Crippen LogP contribution >= 0.6 is 0 Å². The van der Waals surface area contributed by atoms with E-state index in [4.69, 9.17) is 4.74 Å². The van der Waals surface area contributed by atoms with Gasteiger partial charge in [0.1, 0.15) is 5.82 Å². The Morgan fingerprint density at radius 1 is 1.00 bits per heavy atom. The molecule has 1 fully saturated rings. The normalized spacial score (nSPS) is 15.6. The van der Waals surface area contributed by atoms with Crippen LogP contribution in [0.1, 0.15) is 11.4 Å². The summed E-state index contributed by atoms with van der Waals surface area (Å²) in [4.78, 5) is 11.5. The summed E-state index contributed by atoms with van der Waals surface area (Å²) in [5.74, 6) is -1.06. The van der Waals surface area contributed by atoms with E-state index in [1.54, 1.807) is 30.3 Å². The zero-order valence-electron chi connectivity index (χ0n) is 16.3. The van der Waals surface area contributed by atoms with Crippen LogP contribution in [-0.2, 0) is 12.7 Å². The van der Waals surface area contributed by atoms with Gasteiger partial charge in [0.05, 0.1) is 12.6 Å². The van der Waals surface area contributed by atoms with Gasteiger partial charge in [-0.1, -0.05) is 18.2 Å². The van der Waals surface area contributed by atoms with Crippen LogP contribution < -0.4 is 9.64 Å². The van der Waals surface area contributed by atoms with E-state index < -0.39 is 17.8 Å². The minimum atomic E-state index is -4.61. The first-order valence-corrected chi connectivity index (χ1v) is 9.49. The van der Waals surface area contributed by atoms with Gasteiger partial charge in [-0.3, -0.25) is 4.90 Å². The lowest BCUT2D eigenvalue weighted by atomic mass is 10.1. The summed E-state index contributed by atoms with van der Waals surface area (Å²) in [6, 6.07) is 11.6. The monoisotopic (exact) mass is 420 g/mol. The molecule has 0 bridgehead atoms. The predicted octanol–water partition coefficient (Wildman–Crippen LogP) is 4.12. The van der Waals surface area contributed by atoms with Crippen molar-refractivity contribution in [1.29, 1.82) is 0 Å². The largest absolute Gasteiger partial charge is 0.494 e. The molecule has 2 aromatic carbocycles. The van der Waals surface area contributed by atoms with Crippen molar-refractivity contribution in [2.24, 2.45) is 0 Å². The average Bonchev–Trinajstić information content (AvgIpc) is 2.73. The highest BCUT2D eigenvalue weighted by Gasteiger charge is 2.36. The van der Waals surface area contributed by atoms with E-state index in [1.807, 2.05) is 11.0 Å². The molecule has 158 valence electrons. The molecule has 1 saturated heterocycles. The molecule has 2 heterocycles. The number of benzene rings is 2. The van der Waals surface area contributed by atoms with Crippen molar-refractivity contribution in [3.8, 4) is 5.75 Å². The molecule has 1 aliphatic heterocycles. The maximum Gasteiger partial charge on any atom is 0.451 e. The highest BCUT2D eigenvalue weighted by molar-refractivity contribution is 5.89. The molecular formula is C21H20F4N4O. The maximum absolute atomic E-state index is 13.9. The number of anilines is 1. The second kappa shape index (κ2) is 8.06. The lowest BCUT2D eigenvalue weighted by Gasteiger charge is -2.36. The van der Waals surface area contributed by atoms with Gasteiger partial charge in [-0.25, -0.2) is 14.4 Å². The standard InChI is InChI=1S/C21H20F4N4O/c1-30-18-7-6-14(12-16(18)22)13-28-8-10-29(11-9-28)19-15-4-2-3-5-17(15)26-20(27-19)21(23,24)25/h2-7,12H,8-11,13H2,1H3. The molecule has 0 aliphatic carbocycles. The Hall–Kier alpha value is -2.94. The van der Waals surface area contributed by atoms with Crippen LogP contribution in [0, 0.1) is 5.82 Å². The van der Waals surface area contributed by atoms with Crippen molar-refractivity contribution in [2.75, 3.05) is 38.2 Å². The van der Waals surface area contributed by atoms with Crippen LogP contribution in [0.15, 0.2) is 42.5 Å². The van der Waals surface area contributed by atoms with Crippen LogP contribution in [0.3, 0.4) is 0 Å². The van der Waals surface area contributed by atoms with Crippen molar-refractivity contribution >= 4 is 16.7 Å². The van der Waals surface area contributed by atoms with Gasteiger partial charge in [0.25, 0.3) is 0 Å². The number of para-hydroxylation sites is 1. The van der Waals surface area contributed by atoms with Gasteiger partial charge in [0.2, 0.25) is 5.82 Å². The number of fused-ring (bicyclic) bond motifs is 1. The molecule has 0 spiro atoms. The van der Waals surface area contributed by atoms with Crippen molar-refractivity contribution in [2.45, 2.75) is 12.7 Å². The first-order valence-electron chi connectivity index (χ1n) is 9.49. The van der Waals surface area contributed by atoms with Gasteiger partial charge in [-0.15, -0.1) is 0 Å². The van der Waals surface area contributed by atoms with Crippen LogP contribution in [-0.4, -0.2) is 48.2 Å². The number of methoxy groups -OCH3 is 1. The van der Waals surface area contributed by atoms with Crippen LogP contribution in [0.4, 0.5) is 23.4 Å². The molecule has 0 N–H and O–H groups in total. The summed E-state index contributed by atoms with van der Waals surface area (Å²) in [5, 5.41) is 0.594. The first-order chi connectivity index (χ1) is 14.3. The molecule has 1 aromatic heterocycles. The predicted molar refractivity (Wildman–Crippen MR) is 105 cm³/mol. The lowest BCUT2D eigenvalue weighted by Crippen LogP contribution is -2.46. The molecule has 0 atom stereocenters. The third-order valence-corrected chi connectivity index (χ3v) is 5.13. The number of alkyl halides is 3. The Morgan fingerprint density at radius 3 is 2.40 bits per heavy atom. The van der Waals surface area contributed by atoms with E-state index >= 15 is 0 Å². The molecule has 0 unspecified atom stereocenters. The molecule has 30 heavy (non-hydrogen) atoms. The van der Waals surface area contributed by atoms with Gasteiger partial charge in [0.15, 0.2) is 11.6 Å². The zero-order valence-corrected chi connectivity index (χ0v) is 16.3. The summed E-state index contributed by atoms with van der Waals surface area (Å²) >= 11 is 0. The van der Waals surface area contributed by atoms with E-state index in [9.17, 15) is 17.6 Å². The van der Waals surface area contributed by atoms with Crippen molar-refractivity contribution in [3.63, 3.8) is 0 Å². The van der Waals surface area contributed by atoms with Gasteiger partial charge in [-0.2, -0.15) is 13.2 Å². The molecule has 9 heteroatoms. The van der Waals surface area contributed by atoms with Gasteiger partial charge in [0, 0.05) is 38.1 Å². The van der Waals surface area contributed by atoms with Crippen molar-refractivity contribution in [1.82, 2.24) is 14.9 Å². The summed E-state index contributed by atoms with van der Waals surface area (Å²) in [6.07, 6.45) is -4.61. The smallest absolute Gasteiger partial charge is 0.451 e. The molecule has 1 aliphatic rings. The Morgan fingerprint density at radius 2 is 1.73 bits per heavy atom. The van der Waals surface area contributed by atoms with Crippen LogP contribution in [0.2, 0.25) is 0 Å². The fourth-order valence-electron chi connectivity index (χ4n) is 3.61. The summed E-state index contributed by atoms with van der Waals surface area (Å²) < 4.78 is 58.6. The molecule has 3 aromatic rings. The zero-order chi connectivity index (χ0) is 21.3. The first kappa shape index (κ1) is 20.3. The molecule has 0 amide bonds. The number of hydrogen-bond donors (Lipinski definition) is 0. The van der Waals surface area contributed by atoms with Crippen LogP contribution in [0.5, 0.6) is 5.75 Å². The highest BCUT2D eigenvalue weighted by atomic mass is 19.4. The third kappa shape index (κ3) is 4.16. The number of hydrogen-bond acceptors (Lipinski definition) is 5. The van der Waals surface area contributed by atoms with E-state index in [-0.39, 0.29) is 11.3 Å². The minimum absolute atomic E-state index is 0.194. The Bertz CT molecular complexity index is 1050. The minimum Gasteiger partial charge on any atom is -0.494 e. The third-order valence-electron chi connectivity index (χ3n) is 5.13. The summed E-state index contributed by atoms with van der Waals surface area (Å²) in [7, 11) is 1.42. The lowest BCUT2D eigenvalue weighted by molar-refractivity contribution is -0.144. The highest BCUT2D eigenvalue weighted by Crippen LogP contribution is 2.32. The second-order valence-corrected chi connectivity index (χ2v) is 7.12. The van der Waals surface area contributed by atoms with E-state index in [1.165, 1.54) is 13.2 Å². The Balaban J connectivity index is 1.51. The van der Waals surface area contributed by atoms with E-state index in [0.29, 0.717) is 43.9 Å². The number of aromatic nitrogens is 2. The maximum atomic E-state index is 13.9. The van der Waals surface area contributed by atoms with Gasteiger partial charge in [-0.05, 0) is 29.8 Å². The number of nitrogens with zero attached hydrogens (tertiary/aromatic N) is 4. The molecule has 5 nitrogen and oxygen atoms in total. The topological polar surface area (TPSA) is 41.5 Å². The summed E-state index contributed by atoms with van der Waals surface area (Å²) in [5.41, 5.74) is 1.08. The summed E-state index contributed by atoms with van der Waals surface area (Å²) in [6.45, 7) is 2.81. The SMILES string of the molecule is COc1ccc(CN2CCN(c3nc(C(F)(F)F)nc4ccccc34)CC2)cc1F. The average molecular weight is 420 g/mol. The Labute approximate surface area is 170 Å². The number of rotatable bonds is 4. The van der Waals surface area contributed by atoms with E-state index in [2.05, 4.69) is 14.9 Å². The fourth-order valence-corrected chi connectivity index (χ4v) is 3.61. The Kier molecular flexibility index (Phi) is 5.46. The van der Waals surface area contributed by atoms with E-state index in [0.717, 1.165) is 5.56 Å². The van der Waals surface area contributed by atoms with Crippen LogP contribution in [0.25, 0.3) is 10.9 Å². The van der Waals surface area contributed by atoms with Crippen molar-refractivity contribution < 1.29 is 22.3 Å². The molecule has 0 saturated carbocycles.